The maximum absolute atomic E-state index is 12.1. The minimum atomic E-state index is -0.442. The number of ether oxygens (including phenoxy) is 2. The molecule has 0 aromatic rings. The summed E-state index contributed by atoms with van der Waals surface area (Å²) >= 11 is 0. The lowest BCUT2D eigenvalue weighted by Crippen LogP contribution is -2.33. The van der Waals surface area contributed by atoms with Crippen molar-refractivity contribution in [2.24, 2.45) is 5.92 Å². The molecule has 5 nitrogen and oxygen atoms in total. The van der Waals surface area contributed by atoms with Crippen LogP contribution in [0.2, 0.25) is 0 Å². The van der Waals surface area contributed by atoms with Crippen molar-refractivity contribution in [2.75, 3.05) is 13.7 Å². The van der Waals surface area contributed by atoms with Crippen molar-refractivity contribution < 1.29 is 19.1 Å². The van der Waals surface area contributed by atoms with E-state index >= 15 is 0 Å². The quantitative estimate of drug-likeness (QED) is 0.353. The first kappa shape index (κ1) is 22.6. The molecule has 140 valence electrons. The van der Waals surface area contributed by atoms with Crippen LogP contribution < -0.4 is 5.32 Å². The van der Waals surface area contributed by atoms with E-state index in [1.165, 1.54) is 0 Å². The van der Waals surface area contributed by atoms with Crippen LogP contribution in [0.25, 0.3) is 0 Å². The Kier molecular flexibility index (Phi) is 10.6. The molecule has 0 aliphatic heterocycles. The smallest absolute Gasteiger partial charge is 0.313 e. The number of carbonyl (C=O) groups excluding carboxylic acids is 2. The Labute approximate surface area is 147 Å². The Bertz CT molecular complexity index is 424. The maximum atomic E-state index is 12.1. The SMILES string of the molecule is CC/C=C(\OC(C)(C)C)C(CCC(C)C(=O)CC(=O)OCC)NC. The fraction of sp³-hybridized carbons (Fsp3) is 0.789. The van der Waals surface area contributed by atoms with Crippen molar-refractivity contribution >= 4 is 11.8 Å². The zero-order valence-corrected chi connectivity index (χ0v) is 16.4. The number of Topliss-reactive ketones (excluding diaryl/α,β-unsaturated/α-hetero) is 1. The fourth-order valence-electron chi connectivity index (χ4n) is 2.34. The van der Waals surface area contributed by atoms with E-state index < -0.39 is 5.97 Å². The third-order valence-electron chi connectivity index (χ3n) is 3.58. The summed E-state index contributed by atoms with van der Waals surface area (Å²) in [5, 5.41) is 3.27. The molecule has 0 aromatic heterocycles. The lowest BCUT2D eigenvalue weighted by molar-refractivity contribution is -0.146. The third-order valence-corrected chi connectivity index (χ3v) is 3.58. The third kappa shape index (κ3) is 9.71. The molecule has 0 spiro atoms. The average molecular weight is 341 g/mol. The summed E-state index contributed by atoms with van der Waals surface area (Å²) in [5.74, 6) is 0.225. The minimum Gasteiger partial charge on any atom is -0.491 e. The molecular formula is C19H35NO4. The number of hydrogen-bond donors (Lipinski definition) is 1. The van der Waals surface area contributed by atoms with Gasteiger partial charge in [-0.3, -0.25) is 9.59 Å². The molecule has 0 radical (unpaired) electrons. The Morgan fingerprint density at radius 2 is 1.79 bits per heavy atom. The lowest BCUT2D eigenvalue weighted by atomic mass is 9.95. The Hall–Kier alpha value is -1.36. The molecule has 0 bridgehead atoms. The second kappa shape index (κ2) is 11.2. The van der Waals surface area contributed by atoms with Gasteiger partial charge in [0.25, 0.3) is 0 Å². The number of likely N-dealkylation sites (N-methyl/N-ethyl adjacent to an activating group) is 1. The van der Waals surface area contributed by atoms with Crippen molar-refractivity contribution in [2.45, 2.75) is 78.9 Å². The van der Waals surface area contributed by atoms with Crippen LogP contribution >= 0.6 is 0 Å². The first-order valence-electron chi connectivity index (χ1n) is 8.89. The van der Waals surface area contributed by atoms with Crippen LogP contribution in [0.1, 0.15) is 67.2 Å². The van der Waals surface area contributed by atoms with E-state index in [4.69, 9.17) is 9.47 Å². The van der Waals surface area contributed by atoms with Crippen molar-refractivity contribution in [3.63, 3.8) is 0 Å². The van der Waals surface area contributed by atoms with E-state index in [-0.39, 0.29) is 29.8 Å². The van der Waals surface area contributed by atoms with Gasteiger partial charge in [0.2, 0.25) is 0 Å². The Balaban J connectivity index is 4.67. The lowest BCUT2D eigenvalue weighted by Gasteiger charge is -2.29. The Morgan fingerprint density at radius 3 is 2.25 bits per heavy atom. The van der Waals surface area contributed by atoms with Crippen LogP contribution in [-0.4, -0.2) is 37.0 Å². The van der Waals surface area contributed by atoms with Gasteiger partial charge in [-0.2, -0.15) is 0 Å². The molecule has 5 heteroatoms. The number of allylic oxidation sites excluding steroid dienone is 1. The number of rotatable bonds is 11. The highest BCUT2D eigenvalue weighted by molar-refractivity contribution is 5.96. The van der Waals surface area contributed by atoms with Gasteiger partial charge >= 0.3 is 5.97 Å². The van der Waals surface area contributed by atoms with E-state index in [0.29, 0.717) is 13.0 Å². The van der Waals surface area contributed by atoms with Gasteiger partial charge in [0.15, 0.2) is 0 Å². The van der Waals surface area contributed by atoms with E-state index in [0.717, 1.165) is 18.6 Å². The first-order chi connectivity index (χ1) is 11.1. The predicted molar refractivity (Wildman–Crippen MR) is 96.7 cm³/mol. The molecule has 0 amide bonds. The molecule has 0 saturated carbocycles. The second-order valence-corrected chi connectivity index (χ2v) is 7.00. The topological polar surface area (TPSA) is 64.6 Å². The van der Waals surface area contributed by atoms with Gasteiger partial charge in [-0.25, -0.2) is 0 Å². The highest BCUT2D eigenvalue weighted by Gasteiger charge is 2.23. The van der Waals surface area contributed by atoms with Gasteiger partial charge in [0.05, 0.1) is 12.6 Å². The van der Waals surface area contributed by atoms with Gasteiger partial charge in [-0.1, -0.05) is 13.8 Å². The average Bonchev–Trinajstić information content (AvgIpc) is 2.46. The molecule has 0 heterocycles. The van der Waals surface area contributed by atoms with Crippen molar-refractivity contribution in [1.82, 2.24) is 5.32 Å². The number of nitrogens with one attached hydrogen (secondary N) is 1. The van der Waals surface area contributed by atoms with E-state index in [2.05, 4.69) is 18.3 Å². The summed E-state index contributed by atoms with van der Waals surface area (Å²) in [7, 11) is 1.89. The van der Waals surface area contributed by atoms with Crippen LogP contribution in [0.4, 0.5) is 0 Å². The maximum Gasteiger partial charge on any atom is 0.313 e. The number of hydrogen-bond acceptors (Lipinski definition) is 5. The van der Waals surface area contributed by atoms with Gasteiger partial charge in [0.1, 0.15) is 23.6 Å². The number of esters is 1. The van der Waals surface area contributed by atoms with Crippen LogP contribution in [0.5, 0.6) is 0 Å². The molecule has 0 fully saturated rings. The van der Waals surface area contributed by atoms with Crippen LogP contribution in [0, 0.1) is 5.92 Å². The summed E-state index contributed by atoms with van der Waals surface area (Å²) in [6.45, 7) is 12.0. The van der Waals surface area contributed by atoms with Crippen molar-refractivity contribution in [1.29, 1.82) is 0 Å². The van der Waals surface area contributed by atoms with Gasteiger partial charge in [0, 0.05) is 5.92 Å². The Morgan fingerprint density at radius 1 is 1.17 bits per heavy atom. The van der Waals surface area contributed by atoms with Crippen LogP contribution in [-0.2, 0) is 19.1 Å². The molecule has 2 unspecified atom stereocenters. The van der Waals surface area contributed by atoms with E-state index in [1.807, 2.05) is 34.7 Å². The van der Waals surface area contributed by atoms with Gasteiger partial charge < -0.3 is 14.8 Å². The first-order valence-corrected chi connectivity index (χ1v) is 8.89. The second-order valence-electron chi connectivity index (χ2n) is 7.00. The molecule has 0 aliphatic rings. The predicted octanol–water partition coefficient (Wildman–Crippen LogP) is 3.62. The standard InChI is InChI=1S/C19H35NO4/c1-8-10-17(24-19(4,5)6)15(20-7)12-11-14(3)16(21)13-18(22)23-9-2/h10,14-15,20H,8-9,11-13H2,1-7H3/b17-10-. The monoisotopic (exact) mass is 341 g/mol. The highest BCUT2D eigenvalue weighted by atomic mass is 16.5. The van der Waals surface area contributed by atoms with E-state index in [9.17, 15) is 9.59 Å². The molecule has 1 N–H and O–H groups in total. The summed E-state index contributed by atoms with van der Waals surface area (Å²) in [6.07, 6.45) is 4.29. The minimum absolute atomic E-state index is 0.0574. The summed E-state index contributed by atoms with van der Waals surface area (Å²) in [5.41, 5.74) is -0.262. The highest BCUT2D eigenvalue weighted by Crippen LogP contribution is 2.21. The van der Waals surface area contributed by atoms with Gasteiger partial charge in [-0.15, -0.1) is 0 Å². The zero-order valence-electron chi connectivity index (χ0n) is 16.4. The summed E-state index contributed by atoms with van der Waals surface area (Å²) in [4.78, 5) is 23.5. The molecular weight excluding hydrogens is 306 g/mol. The number of carbonyl (C=O) groups is 2. The molecule has 0 aliphatic carbocycles. The molecule has 0 rings (SSSR count). The van der Waals surface area contributed by atoms with Crippen molar-refractivity contribution in [3.05, 3.63) is 11.8 Å². The molecule has 2 atom stereocenters. The van der Waals surface area contributed by atoms with Gasteiger partial charge in [-0.05, 0) is 60.1 Å². The molecule has 24 heavy (non-hydrogen) atoms. The largest absolute Gasteiger partial charge is 0.491 e. The fourth-order valence-corrected chi connectivity index (χ4v) is 2.34. The normalized spacial score (nSPS) is 14.9. The molecule has 0 saturated heterocycles. The van der Waals surface area contributed by atoms with Crippen molar-refractivity contribution in [3.8, 4) is 0 Å². The van der Waals surface area contributed by atoms with Crippen LogP contribution in [0.3, 0.4) is 0 Å². The zero-order chi connectivity index (χ0) is 18.8. The summed E-state index contributed by atoms with van der Waals surface area (Å²) in [6, 6.07) is 0.0574. The van der Waals surface area contributed by atoms with Crippen LogP contribution in [0.15, 0.2) is 11.8 Å². The number of ketones is 1. The summed E-state index contributed by atoms with van der Waals surface area (Å²) < 4.78 is 10.9. The molecule has 0 aromatic carbocycles. The van der Waals surface area contributed by atoms with E-state index in [1.54, 1.807) is 6.92 Å².